The van der Waals surface area contributed by atoms with Gasteiger partial charge in [-0.05, 0) is 36.9 Å². The molecule has 2 aliphatic heterocycles. The Morgan fingerprint density at radius 1 is 1.05 bits per heavy atom. The van der Waals surface area contributed by atoms with Gasteiger partial charge in [0.25, 0.3) is 5.91 Å². The molecule has 1 aromatic carbocycles. The van der Waals surface area contributed by atoms with Crippen LogP contribution in [0.3, 0.4) is 0 Å². The van der Waals surface area contributed by atoms with Gasteiger partial charge in [-0.25, -0.2) is 13.4 Å². The van der Waals surface area contributed by atoms with Gasteiger partial charge in [-0.3, -0.25) is 9.69 Å². The molecule has 4 rings (SSSR count). The molecule has 2 aliphatic rings. The average molecular weight is 546 g/mol. The molecule has 0 saturated carbocycles. The second kappa shape index (κ2) is 13.6. The first kappa shape index (κ1) is 27.9. The zero-order chi connectivity index (χ0) is 26.8. The summed E-state index contributed by atoms with van der Waals surface area (Å²) in [5.74, 6) is 0.376. The number of ether oxygens (including phenoxy) is 2. The molecule has 0 aliphatic carbocycles. The number of carbonyl (C=O) groups is 1. The maximum Gasteiger partial charge on any atom is 0.260 e. The normalized spacial score (nSPS) is 17.4. The van der Waals surface area contributed by atoms with Gasteiger partial charge in [-0.15, -0.1) is 0 Å². The summed E-state index contributed by atoms with van der Waals surface area (Å²) in [7, 11) is -3.61. The van der Waals surface area contributed by atoms with E-state index >= 15 is 0 Å². The SMILES string of the molecule is CC/C=C/Nc1ncc(C(=O)Nc2ccc(S(=O)(=O)N3CCOCC3)cc2)c(NCCN2CCOCC2)n1. The second-order valence-corrected chi connectivity index (χ2v) is 10.7. The third-order valence-electron chi connectivity index (χ3n) is 6.14. The number of anilines is 3. The van der Waals surface area contributed by atoms with Crippen molar-refractivity contribution in [2.24, 2.45) is 0 Å². The van der Waals surface area contributed by atoms with Crippen LogP contribution >= 0.6 is 0 Å². The summed E-state index contributed by atoms with van der Waals surface area (Å²) in [5.41, 5.74) is 0.741. The fourth-order valence-corrected chi connectivity index (χ4v) is 5.41. The summed E-state index contributed by atoms with van der Waals surface area (Å²) in [5, 5.41) is 9.11. The summed E-state index contributed by atoms with van der Waals surface area (Å²) < 4.78 is 37.8. The number of hydrogen-bond donors (Lipinski definition) is 3. The van der Waals surface area contributed by atoms with Crippen LogP contribution in [-0.4, -0.2) is 99.2 Å². The molecular formula is C25H35N7O5S. The van der Waals surface area contributed by atoms with Gasteiger partial charge in [0.1, 0.15) is 11.4 Å². The van der Waals surface area contributed by atoms with E-state index in [0.29, 0.717) is 63.5 Å². The van der Waals surface area contributed by atoms with E-state index in [1.54, 1.807) is 18.3 Å². The van der Waals surface area contributed by atoms with Crippen LogP contribution in [0.1, 0.15) is 23.7 Å². The number of nitrogens with one attached hydrogen (secondary N) is 3. The maximum atomic E-state index is 13.2. The van der Waals surface area contributed by atoms with Crippen LogP contribution in [0.2, 0.25) is 0 Å². The van der Waals surface area contributed by atoms with E-state index in [9.17, 15) is 13.2 Å². The van der Waals surface area contributed by atoms with E-state index in [-0.39, 0.29) is 10.5 Å². The van der Waals surface area contributed by atoms with E-state index in [0.717, 1.165) is 26.1 Å². The Balaban J connectivity index is 1.44. The van der Waals surface area contributed by atoms with Gasteiger partial charge < -0.3 is 25.4 Å². The van der Waals surface area contributed by atoms with Gasteiger partial charge in [0, 0.05) is 51.2 Å². The molecule has 12 nitrogen and oxygen atoms in total. The molecule has 1 aromatic heterocycles. The Bertz CT molecular complexity index is 1200. The van der Waals surface area contributed by atoms with Gasteiger partial charge in [0.15, 0.2) is 0 Å². The predicted octanol–water partition coefficient (Wildman–Crippen LogP) is 1.83. The number of sulfonamides is 1. The zero-order valence-corrected chi connectivity index (χ0v) is 22.4. The number of morpholine rings is 2. The third-order valence-corrected chi connectivity index (χ3v) is 8.06. The van der Waals surface area contributed by atoms with Crippen molar-refractivity contribution in [3.05, 3.63) is 48.3 Å². The van der Waals surface area contributed by atoms with Gasteiger partial charge in [0.05, 0.1) is 31.3 Å². The summed E-state index contributed by atoms with van der Waals surface area (Å²) in [4.78, 5) is 24.4. The Labute approximate surface area is 223 Å². The van der Waals surface area contributed by atoms with Crippen molar-refractivity contribution in [2.45, 2.75) is 18.2 Å². The number of rotatable bonds is 11. The van der Waals surface area contributed by atoms with Crippen molar-refractivity contribution in [2.75, 3.05) is 81.6 Å². The minimum Gasteiger partial charge on any atom is -0.379 e. The molecule has 0 bridgehead atoms. The van der Waals surface area contributed by atoms with Gasteiger partial charge in [-0.1, -0.05) is 13.0 Å². The van der Waals surface area contributed by atoms with Gasteiger partial charge in [0.2, 0.25) is 16.0 Å². The fraction of sp³-hybridized carbons (Fsp3) is 0.480. The first-order chi connectivity index (χ1) is 18.5. The highest BCUT2D eigenvalue weighted by atomic mass is 32.2. The van der Waals surface area contributed by atoms with E-state index in [4.69, 9.17) is 9.47 Å². The second-order valence-electron chi connectivity index (χ2n) is 8.79. The summed E-state index contributed by atoms with van der Waals surface area (Å²) in [6.07, 6.45) is 6.04. The maximum absolute atomic E-state index is 13.2. The number of allylic oxidation sites excluding steroid dienone is 1. The molecular weight excluding hydrogens is 510 g/mol. The van der Waals surface area contributed by atoms with Crippen LogP contribution in [0.5, 0.6) is 0 Å². The van der Waals surface area contributed by atoms with Crippen LogP contribution in [0.25, 0.3) is 0 Å². The van der Waals surface area contributed by atoms with Crippen LogP contribution in [0.4, 0.5) is 17.5 Å². The number of carbonyl (C=O) groups excluding carboxylic acids is 1. The zero-order valence-electron chi connectivity index (χ0n) is 21.6. The standard InChI is InChI=1S/C25H35N7O5S/c1-2-3-8-27-25-28-19-22(23(30-25)26-9-10-31-11-15-36-16-12-31)24(33)29-20-4-6-21(7-5-20)38(34,35)32-13-17-37-18-14-32/h3-8,19H,2,9-18H2,1H3,(H,29,33)(H2,26,27,28,30)/b8-3+. The van der Waals surface area contributed by atoms with Crippen LogP contribution < -0.4 is 16.0 Å². The first-order valence-corrected chi connectivity index (χ1v) is 14.2. The van der Waals surface area contributed by atoms with Crippen molar-refractivity contribution in [1.82, 2.24) is 19.2 Å². The van der Waals surface area contributed by atoms with E-state index in [1.807, 2.05) is 13.0 Å². The van der Waals surface area contributed by atoms with Gasteiger partial charge >= 0.3 is 0 Å². The van der Waals surface area contributed by atoms with Crippen LogP contribution in [0, 0.1) is 0 Å². The highest BCUT2D eigenvalue weighted by Gasteiger charge is 2.26. The molecule has 0 atom stereocenters. The number of hydrogen-bond acceptors (Lipinski definition) is 10. The monoisotopic (exact) mass is 545 g/mol. The van der Waals surface area contributed by atoms with Crippen molar-refractivity contribution in [3.63, 3.8) is 0 Å². The Morgan fingerprint density at radius 2 is 1.74 bits per heavy atom. The molecule has 206 valence electrons. The summed E-state index contributed by atoms with van der Waals surface area (Å²) in [6, 6.07) is 6.13. The number of aromatic nitrogens is 2. The molecule has 1 amide bonds. The van der Waals surface area contributed by atoms with E-state index < -0.39 is 15.9 Å². The Hall–Kier alpha value is -3.10. The van der Waals surface area contributed by atoms with Crippen molar-refractivity contribution >= 4 is 33.4 Å². The van der Waals surface area contributed by atoms with Gasteiger partial charge in [-0.2, -0.15) is 9.29 Å². The molecule has 0 radical (unpaired) electrons. The lowest BCUT2D eigenvalue weighted by Gasteiger charge is -2.26. The number of nitrogens with zero attached hydrogens (tertiary/aromatic N) is 4. The van der Waals surface area contributed by atoms with Crippen LogP contribution in [0.15, 0.2) is 47.6 Å². The Morgan fingerprint density at radius 3 is 2.42 bits per heavy atom. The molecule has 0 unspecified atom stereocenters. The highest BCUT2D eigenvalue weighted by molar-refractivity contribution is 7.89. The lowest BCUT2D eigenvalue weighted by atomic mass is 10.2. The fourth-order valence-electron chi connectivity index (χ4n) is 4.01. The largest absolute Gasteiger partial charge is 0.379 e. The predicted molar refractivity (Wildman–Crippen MR) is 145 cm³/mol. The molecule has 3 N–H and O–H groups in total. The third kappa shape index (κ3) is 7.48. The molecule has 2 saturated heterocycles. The highest BCUT2D eigenvalue weighted by Crippen LogP contribution is 2.21. The average Bonchev–Trinajstić information content (AvgIpc) is 2.95. The van der Waals surface area contributed by atoms with Crippen molar-refractivity contribution in [3.8, 4) is 0 Å². The van der Waals surface area contributed by atoms with E-state index in [1.165, 1.54) is 22.6 Å². The smallest absolute Gasteiger partial charge is 0.260 e. The van der Waals surface area contributed by atoms with Crippen molar-refractivity contribution < 1.29 is 22.7 Å². The number of benzene rings is 1. The molecule has 2 fully saturated rings. The lowest BCUT2D eigenvalue weighted by Crippen LogP contribution is -2.40. The minimum absolute atomic E-state index is 0.168. The molecule has 3 heterocycles. The summed E-state index contributed by atoms with van der Waals surface area (Å²) in [6.45, 7) is 7.95. The molecule has 0 spiro atoms. The minimum atomic E-state index is -3.61. The topological polar surface area (TPSA) is 138 Å². The van der Waals surface area contributed by atoms with Crippen LogP contribution in [-0.2, 0) is 19.5 Å². The first-order valence-electron chi connectivity index (χ1n) is 12.8. The van der Waals surface area contributed by atoms with Crippen molar-refractivity contribution in [1.29, 1.82) is 0 Å². The molecule has 2 aromatic rings. The Kier molecular flexibility index (Phi) is 10.0. The molecule has 13 heteroatoms. The quantitative estimate of drug-likeness (QED) is 0.383. The van der Waals surface area contributed by atoms with E-state index in [2.05, 4.69) is 30.8 Å². The summed E-state index contributed by atoms with van der Waals surface area (Å²) >= 11 is 0. The molecule has 38 heavy (non-hydrogen) atoms. The lowest BCUT2D eigenvalue weighted by molar-refractivity contribution is 0.0398. The number of amides is 1.